The highest BCUT2D eigenvalue weighted by Crippen LogP contribution is 2.32. The third-order valence-electron chi connectivity index (χ3n) is 5.10. The Labute approximate surface area is 186 Å². The molecule has 0 fully saturated rings. The van der Waals surface area contributed by atoms with Gasteiger partial charge >= 0.3 is 0 Å². The van der Waals surface area contributed by atoms with E-state index < -0.39 is 0 Å². The fourth-order valence-corrected chi connectivity index (χ4v) is 3.94. The molecule has 0 aliphatic carbocycles. The first-order valence-electron chi connectivity index (χ1n) is 11.0. The lowest BCUT2D eigenvalue weighted by atomic mass is 10.0. The summed E-state index contributed by atoms with van der Waals surface area (Å²) in [6, 6.07) is 3.20. The lowest BCUT2D eigenvalue weighted by Gasteiger charge is -2.08. The van der Waals surface area contributed by atoms with Gasteiger partial charge in [0, 0.05) is 6.54 Å². The van der Waals surface area contributed by atoms with E-state index >= 15 is 0 Å². The first-order chi connectivity index (χ1) is 13.6. The molecule has 0 aliphatic heterocycles. The fraction of sp³-hybridized carbons (Fsp3) is 0.696. The number of hydrogen-bond acceptors (Lipinski definition) is 1. The van der Waals surface area contributed by atoms with Gasteiger partial charge in [0.15, 0.2) is 0 Å². The molecular weight excluding hydrogens is 413 g/mol. The highest BCUT2D eigenvalue weighted by atomic mass is 35.5. The molecule has 2 nitrogen and oxygen atoms in total. The number of benzene rings is 1. The summed E-state index contributed by atoms with van der Waals surface area (Å²) in [7, 11) is 0. The van der Waals surface area contributed by atoms with Crippen LogP contribution in [0.4, 0.5) is 0 Å². The van der Waals surface area contributed by atoms with E-state index in [-0.39, 0.29) is 16.0 Å². The topological polar surface area (TPSA) is 29.1 Å². The first-order valence-corrected chi connectivity index (χ1v) is 12.1. The molecule has 28 heavy (non-hydrogen) atoms. The smallest absolute Gasteiger partial charge is 0.252 e. The molecule has 0 spiro atoms. The van der Waals surface area contributed by atoms with Gasteiger partial charge in [-0.15, -0.1) is 0 Å². The Balaban J connectivity index is 1.94. The van der Waals surface area contributed by atoms with Crippen molar-refractivity contribution in [1.82, 2.24) is 5.32 Å². The Kier molecular flexibility index (Phi) is 15.0. The average molecular weight is 449 g/mol. The first kappa shape index (κ1) is 25.6. The van der Waals surface area contributed by atoms with Crippen LogP contribution in [0.5, 0.6) is 0 Å². The fourth-order valence-electron chi connectivity index (χ4n) is 3.32. The Hall–Kier alpha value is -0.440. The average Bonchev–Trinajstić information content (AvgIpc) is 2.69. The second-order valence-corrected chi connectivity index (χ2v) is 8.74. The van der Waals surface area contributed by atoms with Gasteiger partial charge in [0.1, 0.15) is 0 Å². The van der Waals surface area contributed by atoms with Gasteiger partial charge in [0.25, 0.3) is 5.91 Å². The van der Waals surface area contributed by atoms with Gasteiger partial charge in [-0.1, -0.05) is 125 Å². The molecule has 0 aromatic heterocycles. The summed E-state index contributed by atoms with van der Waals surface area (Å²) in [5, 5.41) is 3.71. The molecule has 0 atom stereocenters. The molecular formula is C23H36Cl3NO. The number of amides is 1. The minimum Gasteiger partial charge on any atom is -0.352 e. The molecule has 0 bridgehead atoms. The molecule has 5 heteroatoms. The number of carbonyl (C=O) groups excluding carboxylic acids is 1. The van der Waals surface area contributed by atoms with Crippen LogP contribution in [0, 0.1) is 0 Å². The zero-order valence-corrected chi connectivity index (χ0v) is 19.6. The molecule has 1 amide bonds. The van der Waals surface area contributed by atoms with Crippen molar-refractivity contribution in [2.24, 2.45) is 0 Å². The second kappa shape index (κ2) is 16.4. The van der Waals surface area contributed by atoms with Crippen molar-refractivity contribution in [1.29, 1.82) is 0 Å². The van der Waals surface area contributed by atoms with Crippen LogP contribution in [-0.4, -0.2) is 12.5 Å². The second-order valence-electron chi connectivity index (χ2n) is 7.58. The quantitative estimate of drug-likeness (QED) is 0.198. The molecule has 160 valence electrons. The van der Waals surface area contributed by atoms with Crippen LogP contribution in [0.25, 0.3) is 0 Å². The lowest BCUT2D eigenvalue weighted by molar-refractivity contribution is 0.0953. The van der Waals surface area contributed by atoms with Crippen molar-refractivity contribution in [3.05, 3.63) is 32.8 Å². The number of unbranched alkanes of at least 4 members (excludes halogenated alkanes) is 13. The summed E-state index contributed by atoms with van der Waals surface area (Å²) in [6.07, 6.45) is 18.5. The summed E-state index contributed by atoms with van der Waals surface area (Å²) in [5.74, 6) is -0.196. The van der Waals surface area contributed by atoms with E-state index in [2.05, 4.69) is 12.2 Å². The minimum atomic E-state index is -0.196. The Morgan fingerprint density at radius 3 is 1.68 bits per heavy atom. The van der Waals surface area contributed by atoms with E-state index in [9.17, 15) is 4.79 Å². The van der Waals surface area contributed by atoms with Crippen LogP contribution in [0.15, 0.2) is 12.1 Å². The number of carbonyl (C=O) groups is 1. The van der Waals surface area contributed by atoms with Gasteiger partial charge in [-0.05, 0) is 18.6 Å². The number of halogens is 3. The molecule has 0 saturated carbocycles. The molecule has 0 heterocycles. The molecule has 0 unspecified atom stereocenters. The Bertz CT molecular complexity index is 563. The van der Waals surface area contributed by atoms with Gasteiger partial charge in [-0.25, -0.2) is 0 Å². The van der Waals surface area contributed by atoms with Crippen molar-refractivity contribution in [2.45, 2.75) is 96.8 Å². The molecule has 0 saturated heterocycles. The molecule has 1 aromatic rings. The monoisotopic (exact) mass is 447 g/mol. The summed E-state index contributed by atoms with van der Waals surface area (Å²) >= 11 is 18.0. The van der Waals surface area contributed by atoms with Crippen LogP contribution in [-0.2, 0) is 0 Å². The van der Waals surface area contributed by atoms with Gasteiger partial charge in [-0.2, -0.15) is 0 Å². The van der Waals surface area contributed by atoms with Gasteiger partial charge in [0.2, 0.25) is 0 Å². The SMILES string of the molecule is CCCCCCCCCCCCCCCCNC(=O)c1ccc(Cl)c(Cl)c1Cl. The summed E-state index contributed by atoms with van der Waals surface area (Å²) in [4.78, 5) is 12.2. The maximum atomic E-state index is 12.2. The van der Waals surface area contributed by atoms with Gasteiger partial charge < -0.3 is 5.32 Å². The van der Waals surface area contributed by atoms with Crippen LogP contribution >= 0.6 is 34.8 Å². The molecule has 1 N–H and O–H groups in total. The molecule has 1 aromatic carbocycles. The third-order valence-corrected chi connectivity index (χ3v) is 6.39. The van der Waals surface area contributed by atoms with E-state index in [1.807, 2.05) is 0 Å². The predicted octanol–water partition coefficient (Wildman–Crippen LogP) is 8.86. The maximum absolute atomic E-state index is 12.2. The molecule has 1 rings (SSSR count). The summed E-state index contributed by atoms with van der Waals surface area (Å²) in [5.41, 5.74) is 0.376. The summed E-state index contributed by atoms with van der Waals surface area (Å²) < 4.78 is 0. The van der Waals surface area contributed by atoms with Crippen molar-refractivity contribution in [3.63, 3.8) is 0 Å². The lowest BCUT2D eigenvalue weighted by Crippen LogP contribution is -2.24. The van der Waals surface area contributed by atoms with Crippen molar-refractivity contribution < 1.29 is 4.79 Å². The standard InChI is InChI=1S/C23H36Cl3NO/c1-2-3-4-5-6-7-8-9-10-11-12-13-14-15-18-27-23(28)19-16-17-20(24)22(26)21(19)25/h16-17H,2-15,18H2,1H3,(H,27,28). The van der Waals surface area contributed by atoms with Gasteiger partial charge in [0.05, 0.1) is 20.6 Å². The minimum absolute atomic E-state index is 0.196. The van der Waals surface area contributed by atoms with Crippen molar-refractivity contribution >= 4 is 40.7 Å². The van der Waals surface area contributed by atoms with Crippen LogP contribution in [0.1, 0.15) is 107 Å². The van der Waals surface area contributed by atoms with Crippen LogP contribution in [0.3, 0.4) is 0 Å². The van der Waals surface area contributed by atoms with Crippen molar-refractivity contribution in [3.8, 4) is 0 Å². The third kappa shape index (κ3) is 10.9. The summed E-state index contributed by atoms with van der Waals surface area (Å²) in [6.45, 7) is 2.93. The highest BCUT2D eigenvalue weighted by Gasteiger charge is 2.14. The maximum Gasteiger partial charge on any atom is 0.252 e. The Morgan fingerprint density at radius 1 is 0.714 bits per heavy atom. The largest absolute Gasteiger partial charge is 0.352 e. The van der Waals surface area contributed by atoms with E-state index in [4.69, 9.17) is 34.8 Å². The zero-order chi connectivity index (χ0) is 20.6. The zero-order valence-electron chi connectivity index (χ0n) is 17.3. The van der Waals surface area contributed by atoms with E-state index in [1.54, 1.807) is 12.1 Å². The number of nitrogens with one attached hydrogen (secondary N) is 1. The Morgan fingerprint density at radius 2 is 1.18 bits per heavy atom. The van der Waals surface area contributed by atoms with E-state index in [1.165, 1.54) is 77.0 Å². The predicted molar refractivity (Wildman–Crippen MR) is 124 cm³/mol. The molecule has 0 aliphatic rings. The highest BCUT2D eigenvalue weighted by molar-refractivity contribution is 6.49. The van der Waals surface area contributed by atoms with E-state index in [0.29, 0.717) is 17.1 Å². The normalized spacial score (nSPS) is 11.0. The van der Waals surface area contributed by atoms with Crippen LogP contribution < -0.4 is 5.32 Å². The number of hydrogen-bond donors (Lipinski definition) is 1. The number of rotatable bonds is 16. The van der Waals surface area contributed by atoms with Crippen molar-refractivity contribution in [2.75, 3.05) is 6.54 Å². The van der Waals surface area contributed by atoms with E-state index in [0.717, 1.165) is 12.8 Å². The molecule has 0 radical (unpaired) electrons. The van der Waals surface area contributed by atoms with Gasteiger partial charge in [-0.3, -0.25) is 4.79 Å². The van der Waals surface area contributed by atoms with Crippen LogP contribution in [0.2, 0.25) is 15.1 Å².